The van der Waals surface area contributed by atoms with Crippen LogP contribution in [0.15, 0.2) is 30.3 Å². The van der Waals surface area contributed by atoms with Gasteiger partial charge in [-0.15, -0.1) is 0 Å². The van der Waals surface area contributed by atoms with E-state index in [1.165, 1.54) is 62.6 Å². The van der Waals surface area contributed by atoms with Crippen molar-refractivity contribution in [3.63, 3.8) is 0 Å². The molecule has 4 heterocycles. The van der Waals surface area contributed by atoms with Crippen LogP contribution in [-0.4, -0.2) is 72.6 Å². The topological polar surface area (TPSA) is 80.1 Å². The molecule has 3 aromatic rings. The molecule has 0 unspecified atom stereocenters. The van der Waals surface area contributed by atoms with Crippen LogP contribution < -0.4 is 15.5 Å². The number of ether oxygens (including phenoxy) is 1. The third-order valence-corrected chi connectivity index (χ3v) is 7.26. The molecule has 1 saturated carbocycles. The van der Waals surface area contributed by atoms with Gasteiger partial charge in [0.2, 0.25) is 5.95 Å². The fourth-order valence-corrected chi connectivity index (χ4v) is 5.23. The van der Waals surface area contributed by atoms with Crippen LogP contribution in [0.2, 0.25) is 0 Å². The predicted molar refractivity (Wildman–Crippen MR) is 149 cm³/mol. The lowest BCUT2D eigenvalue weighted by atomic mass is 9.89. The summed E-state index contributed by atoms with van der Waals surface area (Å²) in [5.74, 6) is 1.88. The molecule has 6 rings (SSSR count). The van der Waals surface area contributed by atoms with Crippen molar-refractivity contribution in [2.75, 3.05) is 63.3 Å². The summed E-state index contributed by atoms with van der Waals surface area (Å²) in [4.78, 5) is 15.6. The van der Waals surface area contributed by atoms with Crippen LogP contribution in [-0.2, 0) is 4.74 Å². The highest BCUT2D eigenvalue weighted by Crippen LogP contribution is 2.29. The number of nitrogens with one attached hydrogen (secondary N) is 2. The Bertz CT molecular complexity index is 1140. The van der Waals surface area contributed by atoms with E-state index in [1.54, 1.807) is 24.3 Å². The van der Waals surface area contributed by atoms with Gasteiger partial charge in [0.05, 0.1) is 31.4 Å². The molecule has 3 fully saturated rings. The monoisotopic (exact) mass is 547 g/mol. The maximum Gasteiger partial charge on any atom is 0.296 e. The first kappa shape index (κ1) is 29.1. The van der Waals surface area contributed by atoms with E-state index >= 15 is 0 Å². The van der Waals surface area contributed by atoms with Gasteiger partial charge in [-0.25, -0.2) is 13.8 Å². The van der Waals surface area contributed by atoms with Crippen LogP contribution in [0.25, 0.3) is 16.9 Å². The Hall–Kier alpha value is -2.92. The van der Waals surface area contributed by atoms with Crippen molar-refractivity contribution in [3.8, 4) is 5.82 Å². The van der Waals surface area contributed by atoms with Crippen molar-refractivity contribution in [2.24, 2.45) is 5.92 Å². The number of morpholine rings is 1. The molecular formula is C28H40F3N7O. The van der Waals surface area contributed by atoms with Crippen LogP contribution in [0.1, 0.15) is 57.2 Å². The zero-order chi connectivity index (χ0) is 27.5. The number of para-hydroxylation sites is 2. The zero-order valence-corrected chi connectivity index (χ0v) is 22.7. The van der Waals surface area contributed by atoms with E-state index in [9.17, 15) is 13.2 Å². The second-order valence-electron chi connectivity index (χ2n) is 9.95. The molecule has 0 radical (unpaired) electrons. The van der Waals surface area contributed by atoms with Crippen molar-refractivity contribution >= 4 is 22.8 Å². The first-order chi connectivity index (χ1) is 19.2. The fraction of sp³-hybridized carbons (Fsp3) is 0.607. The summed E-state index contributed by atoms with van der Waals surface area (Å²) in [5.41, 5.74) is 1.12. The summed E-state index contributed by atoms with van der Waals surface area (Å²) in [5, 5.41) is 6.68. The lowest BCUT2D eigenvalue weighted by Gasteiger charge is -2.28. The number of aromatic nitrogens is 4. The van der Waals surface area contributed by atoms with Crippen LogP contribution in [0.4, 0.5) is 24.9 Å². The number of alkyl halides is 3. The molecule has 11 heteroatoms. The van der Waals surface area contributed by atoms with E-state index in [4.69, 9.17) is 14.7 Å². The third-order valence-electron chi connectivity index (χ3n) is 7.26. The highest BCUT2D eigenvalue weighted by atomic mass is 19.3. The number of rotatable bonds is 6. The Balaban J connectivity index is 0.000000447. The van der Waals surface area contributed by atoms with Crippen LogP contribution in [0.3, 0.4) is 0 Å². The van der Waals surface area contributed by atoms with Gasteiger partial charge in [0.25, 0.3) is 6.43 Å². The normalized spacial score (nSPS) is 17.9. The van der Waals surface area contributed by atoms with Gasteiger partial charge >= 0.3 is 0 Å². The summed E-state index contributed by atoms with van der Waals surface area (Å²) in [6.45, 7) is 5.84. The highest BCUT2D eigenvalue weighted by Gasteiger charge is 2.23. The van der Waals surface area contributed by atoms with Gasteiger partial charge in [-0.1, -0.05) is 31.4 Å². The molecule has 2 N–H and O–H groups in total. The maximum absolute atomic E-state index is 13.9. The summed E-state index contributed by atoms with van der Waals surface area (Å²) in [6, 6.07) is 8.91. The number of anilines is 2. The Kier molecular flexibility index (Phi) is 11.2. The van der Waals surface area contributed by atoms with Crippen molar-refractivity contribution in [2.45, 2.75) is 51.4 Å². The molecule has 2 aliphatic heterocycles. The van der Waals surface area contributed by atoms with Crippen molar-refractivity contribution in [1.82, 2.24) is 24.8 Å². The average molecular weight is 548 g/mol. The standard InChI is InChI=1S/C23H28F2N6O.C4H9N.CH3F/c24-21(25)22-27-17-8-4-5-9-18(17)31(22)20-14-19(26-15-16-6-2-1-3-7-16)28-23(29-20)30-10-12-32-13-11-30;1-2-4-5-3-1;1-2/h4-5,8-9,14,16,21H,1-3,6-7,10-13,15H2,(H,26,28,29);5H,1-4H2;1H3. The molecule has 3 aliphatic rings. The van der Waals surface area contributed by atoms with Gasteiger partial charge in [0, 0.05) is 25.7 Å². The largest absolute Gasteiger partial charge is 0.378 e. The minimum absolute atomic E-state index is 0.309. The van der Waals surface area contributed by atoms with E-state index in [0.29, 0.717) is 68.0 Å². The minimum atomic E-state index is -2.72. The van der Waals surface area contributed by atoms with Gasteiger partial charge in [-0.3, -0.25) is 8.96 Å². The quantitative estimate of drug-likeness (QED) is 0.420. The molecule has 0 atom stereocenters. The van der Waals surface area contributed by atoms with Crippen LogP contribution in [0, 0.1) is 5.92 Å². The Morgan fingerprint density at radius 1 is 0.974 bits per heavy atom. The lowest BCUT2D eigenvalue weighted by Crippen LogP contribution is -2.37. The lowest BCUT2D eigenvalue weighted by molar-refractivity contribution is 0.122. The Morgan fingerprint density at radius 2 is 1.69 bits per heavy atom. The van der Waals surface area contributed by atoms with Gasteiger partial charge in [-0.2, -0.15) is 9.97 Å². The Labute approximate surface area is 228 Å². The van der Waals surface area contributed by atoms with Crippen molar-refractivity contribution in [3.05, 3.63) is 36.2 Å². The molecule has 39 heavy (non-hydrogen) atoms. The first-order valence-corrected chi connectivity index (χ1v) is 14.0. The maximum atomic E-state index is 13.9. The fourth-order valence-electron chi connectivity index (χ4n) is 5.23. The van der Waals surface area contributed by atoms with Gasteiger partial charge in [0.1, 0.15) is 11.6 Å². The molecule has 2 saturated heterocycles. The van der Waals surface area contributed by atoms with Crippen molar-refractivity contribution in [1.29, 1.82) is 0 Å². The van der Waals surface area contributed by atoms with Gasteiger partial charge in [-0.05, 0) is 56.8 Å². The number of benzene rings is 1. The SMILES string of the molecule is C1CCNC1.CF.FC(F)c1nc2ccccc2n1-c1cc(NCC2CCCCC2)nc(N2CCOCC2)n1. The van der Waals surface area contributed by atoms with Gasteiger partial charge in [0.15, 0.2) is 5.82 Å². The molecule has 214 valence electrons. The van der Waals surface area contributed by atoms with Crippen LogP contribution in [0.5, 0.6) is 0 Å². The highest BCUT2D eigenvalue weighted by molar-refractivity contribution is 5.78. The molecule has 0 spiro atoms. The number of hydrogen-bond donors (Lipinski definition) is 2. The van der Waals surface area contributed by atoms with E-state index < -0.39 is 6.43 Å². The predicted octanol–water partition coefficient (Wildman–Crippen LogP) is 5.54. The Morgan fingerprint density at radius 3 is 2.36 bits per heavy atom. The molecule has 8 nitrogen and oxygen atoms in total. The average Bonchev–Trinajstić information content (AvgIpc) is 3.70. The molecule has 0 bridgehead atoms. The van der Waals surface area contributed by atoms with Crippen LogP contribution >= 0.6 is 0 Å². The van der Waals surface area contributed by atoms with Gasteiger partial charge < -0.3 is 20.3 Å². The first-order valence-electron chi connectivity index (χ1n) is 14.0. The van der Waals surface area contributed by atoms with E-state index in [-0.39, 0.29) is 5.82 Å². The van der Waals surface area contributed by atoms with E-state index in [2.05, 4.69) is 15.6 Å². The molecule has 1 aliphatic carbocycles. The minimum Gasteiger partial charge on any atom is -0.378 e. The van der Waals surface area contributed by atoms with E-state index in [0.717, 1.165) is 6.54 Å². The molecule has 0 amide bonds. The second kappa shape index (κ2) is 15.0. The number of imidazole rings is 1. The summed E-state index contributed by atoms with van der Waals surface area (Å²) < 4.78 is 44.3. The molecular weight excluding hydrogens is 507 g/mol. The number of halogens is 3. The van der Waals surface area contributed by atoms with Crippen molar-refractivity contribution < 1.29 is 17.9 Å². The number of hydrogen-bond acceptors (Lipinski definition) is 7. The second-order valence-corrected chi connectivity index (χ2v) is 9.95. The van der Waals surface area contributed by atoms with E-state index in [1.807, 2.05) is 11.0 Å². The third kappa shape index (κ3) is 7.82. The number of nitrogens with zero attached hydrogens (tertiary/aromatic N) is 5. The molecule has 2 aromatic heterocycles. The summed E-state index contributed by atoms with van der Waals surface area (Å²) in [7, 11) is 0.500. The zero-order valence-electron chi connectivity index (χ0n) is 22.7. The smallest absolute Gasteiger partial charge is 0.296 e. The number of fused-ring (bicyclic) bond motifs is 1. The summed E-state index contributed by atoms with van der Waals surface area (Å²) in [6.07, 6.45) is 6.31. The molecule has 1 aromatic carbocycles. The summed E-state index contributed by atoms with van der Waals surface area (Å²) >= 11 is 0.